The Labute approximate surface area is 136 Å². The van der Waals surface area contributed by atoms with Crippen molar-refractivity contribution in [2.24, 2.45) is 0 Å². The van der Waals surface area contributed by atoms with Crippen LogP contribution in [-0.4, -0.2) is 20.8 Å². The molecule has 0 saturated carbocycles. The second kappa shape index (κ2) is 5.06. The molecule has 0 spiro atoms. The van der Waals surface area contributed by atoms with Gasteiger partial charge in [-0.25, -0.2) is 13.5 Å². The highest BCUT2D eigenvalue weighted by Crippen LogP contribution is 2.48. The standard InChI is InChI=1S/C13H7Cl2F5N2O/c14-6-2-1-5(3-7(6)15)22-8-4-12(16,17)11(23)9(8)10(21-22)13(18,19)20/h1-3,11,23H,4H2/t11-/m0/s1. The van der Waals surface area contributed by atoms with Crippen LogP contribution in [0.15, 0.2) is 18.2 Å². The highest BCUT2D eigenvalue weighted by atomic mass is 35.5. The van der Waals surface area contributed by atoms with Crippen LogP contribution in [-0.2, 0) is 12.6 Å². The van der Waals surface area contributed by atoms with E-state index in [1.807, 2.05) is 0 Å². The van der Waals surface area contributed by atoms with Gasteiger partial charge in [0.15, 0.2) is 5.69 Å². The van der Waals surface area contributed by atoms with Crippen LogP contribution in [0.4, 0.5) is 22.0 Å². The minimum atomic E-state index is -4.98. The number of hydrogen-bond acceptors (Lipinski definition) is 2. The zero-order valence-corrected chi connectivity index (χ0v) is 12.5. The molecule has 124 valence electrons. The minimum absolute atomic E-state index is 0.0345. The number of aliphatic hydroxyl groups excluding tert-OH is 1. The molecule has 2 aromatic rings. The summed E-state index contributed by atoms with van der Waals surface area (Å²) in [7, 11) is 0. The fourth-order valence-corrected chi connectivity index (χ4v) is 2.79. The number of rotatable bonds is 1. The molecule has 1 aliphatic carbocycles. The summed E-state index contributed by atoms with van der Waals surface area (Å²) in [6, 6.07) is 3.81. The van der Waals surface area contributed by atoms with Gasteiger partial charge in [-0.05, 0) is 18.2 Å². The molecule has 1 aliphatic rings. The lowest BCUT2D eigenvalue weighted by molar-refractivity contribution is -0.146. The summed E-state index contributed by atoms with van der Waals surface area (Å²) in [5.74, 6) is -3.70. The fraction of sp³-hybridized carbons (Fsp3) is 0.308. The minimum Gasteiger partial charge on any atom is -0.382 e. The Hall–Kier alpha value is -1.38. The van der Waals surface area contributed by atoms with E-state index in [9.17, 15) is 27.1 Å². The van der Waals surface area contributed by atoms with Gasteiger partial charge in [0.2, 0.25) is 0 Å². The van der Waals surface area contributed by atoms with Crippen LogP contribution in [0.5, 0.6) is 0 Å². The van der Waals surface area contributed by atoms with E-state index in [0.717, 1.165) is 0 Å². The Kier molecular flexibility index (Phi) is 3.62. The van der Waals surface area contributed by atoms with E-state index in [4.69, 9.17) is 23.2 Å². The summed E-state index contributed by atoms with van der Waals surface area (Å²) in [4.78, 5) is 0. The van der Waals surface area contributed by atoms with Crippen molar-refractivity contribution in [3.63, 3.8) is 0 Å². The topological polar surface area (TPSA) is 38.1 Å². The monoisotopic (exact) mass is 372 g/mol. The maximum absolute atomic E-state index is 13.7. The summed E-state index contributed by atoms with van der Waals surface area (Å²) >= 11 is 11.5. The molecule has 3 rings (SSSR count). The molecule has 1 atom stereocenters. The quantitative estimate of drug-likeness (QED) is 0.752. The van der Waals surface area contributed by atoms with Gasteiger partial charge in [-0.15, -0.1) is 0 Å². The van der Waals surface area contributed by atoms with Gasteiger partial charge < -0.3 is 5.11 Å². The number of benzene rings is 1. The van der Waals surface area contributed by atoms with Crippen molar-refractivity contribution < 1.29 is 27.1 Å². The number of halogens is 7. The summed E-state index contributed by atoms with van der Waals surface area (Å²) in [6.45, 7) is 0. The van der Waals surface area contributed by atoms with Crippen molar-refractivity contribution in [2.75, 3.05) is 0 Å². The van der Waals surface area contributed by atoms with Gasteiger partial charge in [-0.2, -0.15) is 18.3 Å². The van der Waals surface area contributed by atoms with Crippen LogP contribution in [0.2, 0.25) is 10.0 Å². The summed E-state index contributed by atoms with van der Waals surface area (Å²) in [6.07, 6.45) is -8.61. The van der Waals surface area contributed by atoms with Gasteiger partial charge >= 0.3 is 6.18 Å². The number of alkyl halides is 5. The molecule has 1 aromatic heterocycles. The van der Waals surface area contributed by atoms with E-state index >= 15 is 0 Å². The van der Waals surface area contributed by atoms with Gasteiger partial charge in [0, 0.05) is 5.56 Å². The molecule has 0 amide bonds. The van der Waals surface area contributed by atoms with Gasteiger partial charge in [-0.3, -0.25) is 0 Å². The molecular weight excluding hydrogens is 366 g/mol. The molecule has 0 fully saturated rings. The summed E-state index contributed by atoms with van der Waals surface area (Å²) < 4.78 is 67.2. The number of aromatic nitrogens is 2. The van der Waals surface area contributed by atoms with Crippen LogP contribution in [0.1, 0.15) is 23.1 Å². The third-order valence-electron chi connectivity index (χ3n) is 3.51. The van der Waals surface area contributed by atoms with Gasteiger partial charge in [0.05, 0.1) is 27.8 Å². The molecule has 10 heteroatoms. The normalized spacial score (nSPS) is 19.9. The van der Waals surface area contributed by atoms with E-state index in [1.165, 1.54) is 18.2 Å². The predicted octanol–water partition coefficient (Wildman–Crippen LogP) is 4.42. The molecule has 0 unspecified atom stereocenters. The number of aliphatic hydroxyl groups is 1. The molecule has 0 bridgehead atoms. The Balaban J connectivity index is 2.24. The van der Waals surface area contributed by atoms with Crippen LogP contribution in [0.3, 0.4) is 0 Å². The largest absolute Gasteiger partial charge is 0.435 e. The van der Waals surface area contributed by atoms with E-state index in [-0.39, 0.29) is 15.7 Å². The maximum atomic E-state index is 13.7. The third-order valence-corrected chi connectivity index (χ3v) is 4.25. The van der Waals surface area contributed by atoms with Crippen molar-refractivity contribution in [1.82, 2.24) is 9.78 Å². The van der Waals surface area contributed by atoms with Gasteiger partial charge in [0.1, 0.15) is 6.10 Å². The van der Waals surface area contributed by atoms with Crippen molar-refractivity contribution in [2.45, 2.75) is 24.6 Å². The first-order chi connectivity index (χ1) is 10.5. The number of fused-ring (bicyclic) bond motifs is 1. The molecule has 1 heterocycles. The van der Waals surface area contributed by atoms with Crippen molar-refractivity contribution in [3.05, 3.63) is 45.2 Å². The molecule has 1 N–H and O–H groups in total. The molecule has 23 heavy (non-hydrogen) atoms. The van der Waals surface area contributed by atoms with Gasteiger partial charge in [-0.1, -0.05) is 23.2 Å². The highest BCUT2D eigenvalue weighted by molar-refractivity contribution is 6.42. The summed E-state index contributed by atoms with van der Waals surface area (Å²) in [5, 5.41) is 13.1. The molecule has 1 aromatic carbocycles. The van der Waals surface area contributed by atoms with E-state index in [1.54, 1.807) is 0 Å². The van der Waals surface area contributed by atoms with Gasteiger partial charge in [0.25, 0.3) is 5.92 Å². The first-order valence-corrected chi connectivity index (χ1v) is 6.98. The first-order valence-electron chi connectivity index (χ1n) is 6.22. The molecule has 0 aliphatic heterocycles. The zero-order chi connectivity index (χ0) is 17.2. The van der Waals surface area contributed by atoms with Crippen molar-refractivity contribution in [1.29, 1.82) is 0 Å². The lowest BCUT2D eigenvalue weighted by Gasteiger charge is -2.15. The number of nitrogens with zero attached hydrogens (tertiary/aromatic N) is 2. The lowest BCUT2D eigenvalue weighted by Crippen LogP contribution is -2.24. The molecule has 0 radical (unpaired) electrons. The molecule has 0 saturated heterocycles. The SMILES string of the molecule is O[C@H]1c2c(C(F)(F)F)nn(-c3ccc(Cl)c(Cl)c3)c2CC1(F)F. The van der Waals surface area contributed by atoms with Crippen LogP contribution in [0.25, 0.3) is 5.69 Å². The third kappa shape index (κ3) is 2.58. The molecule has 3 nitrogen and oxygen atoms in total. The second-order valence-corrected chi connectivity index (χ2v) is 5.87. The Bertz CT molecular complexity index is 787. The average molecular weight is 373 g/mol. The van der Waals surface area contributed by atoms with E-state index in [0.29, 0.717) is 4.68 Å². The van der Waals surface area contributed by atoms with E-state index in [2.05, 4.69) is 5.10 Å². The number of hydrogen-bond donors (Lipinski definition) is 1. The van der Waals surface area contributed by atoms with Crippen LogP contribution < -0.4 is 0 Å². The average Bonchev–Trinajstić information content (AvgIpc) is 2.89. The Morgan fingerprint density at radius 2 is 1.87 bits per heavy atom. The predicted molar refractivity (Wildman–Crippen MR) is 72.2 cm³/mol. The first kappa shape index (κ1) is 16.5. The Morgan fingerprint density at radius 1 is 1.22 bits per heavy atom. The summed E-state index contributed by atoms with van der Waals surface area (Å²) in [5.41, 5.74) is -2.82. The smallest absolute Gasteiger partial charge is 0.382 e. The van der Waals surface area contributed by atoms with Crippen molar-refractivity contribution in [3.8, 4) is 5.69 Å². The lowest BCUT2D eigenvalue weighted by atomic mass is 10.1. The zero-order valence-electron chi connectivity index (χ0n) is 11.0. The van der Waals surface area contributed by atoms with E-state index < -0.39 is 41.6 Å². The fourth-order valence-electron chi connectivity index (χ4n) is 2.49. The van der Waals surface area contributed by atoms with Crippen LogP contribution in [0, 0.1) is 0 Å². The van der Waals surface area contributed by atoms with Crippen molar-refractivity contribution >= 4 is 23.2 Å². The maximum Gasteiger partial charge on any atom is 0.435 e. The van der Waals surface area contributed by atoms with Crippen LogP contribution >= 0.6 is 23.2 Å². The Morgan fingerprint density at radius 3 is 2.43 bits per heavy atom. The molecular formula is C13H7Cl2F5N2O. The second-order valence-electron chi connectivity index (χ2n) is 5.06. The highest BCUT2D eigenvalue weighted by Gasteiger charge is 2.54.